The van der Waals surface area contributed by atoms with Gasteiger partial charge in [0, 0.05) is 5.54 Å². The van der Waals surface area contributed by atoms with Crippen LogP contribution in [-0.4, -0.2) is 53.4 Å². The van der Waals surface area contributed by atoms with Crippen molar-refractivity contribution in [1.82, 2.24) is 15.5 Å². The molecule has 35 heavy (non-hydrogen) atoms. The minimum absolute atomic E-state index is 0.0212. The van der Waals surface area contributed by atoms with Gasteiger partial charge in [-0.3, -0.25) is 24.6 Å². The van der Waals surface area contributed by atoms with E-state index < -0.39 is 41.9 Å². The Balaban J connectivity index is 1.70. The molecule has 2 aromatic rings. The van der Waals surface area contributed by atoms with Crippen LogP contribution in [-0.2, 0) is 16.1 Å². The van der Waals surface area contributed by atoms with E-state index >= 15 is 0 Å². The van der Waals surface area contributed by atoms with Crippen LogP contribution in [0.25, 0.3) is 0 Å². The molecule has 0 atom stereocenters. The Morgan fingerprint density at radius 1 is 0.971 bits per heavy atom. The van der Waals surface area contributed by atoms with Crippen molar-refractivity contribution in [2.24, 2.45) is 0 Å². The van der Waals surface area contributed by atoms with Crippen LogP contribution in [0, 0.1) is 0 Å². The summed E-state index contributed by atoms with van der Waals surface area (Å²) < 4.78 is 10.6. The Kier molecular flexibility index (Phi) is 7.53. The summed E-state index contributed by atoms with van der Waals surface area (Å²) in [5.41, 5.74) is 0.610. The molecule has 1 aliphatic rings. The maximum Gasteiger partial charge on any atom is 0.342 e. The molecule has 0 saturated heterocycles. The normalized spacial score (nSPS) is 12.7. The van der Waals surface area contributed by atoms with Crippen molar-refractivity contribution in [3.63, 3.8) is 0 Å². The predicted molar refractivity (Wildman–Crippen MR) is 125 cm³/mol. The van der Waals surface area contributed by atoms with E-state index in [1.165, 1.54) is 12.1 Å². The summed E-state index contributed by atoms with van der Waals surface area (Å²) in [4.78, 5) is 63.0. The highest BCUT2D eigenvalue weighted by Crippen LogP contribution is 2.27. The third-order valence-electron chi connectivity index (χ3n) is 4.86. The van der Waals surface area contributed by atoms with Gasteiger partial charge in [0.1, 0.15) is 11.3 Å². The third kappa shape index (κ3) is 6.23. The number of fused-ring (bicyclic) bond motifs is 1. The number of nitrogens with one attached hydrogen (secondary N) is 2. The molecule has 0 spiro atoms. The first-order valence-electron chi connectivity index (χ1n) is 11.0. The Hall–Kier alpha value is -4.21. The number of hydrogen-bond donors (Lipinski definition) is 2. The quantitative estimate of drug-likeness (QED) is 0.459. The summed E-state index contributed by atoms with van der Waals surface area (Å²) >= 11 is 0. The Labute approximate surface area is 202 Å². The number of esters is 1. The third-order valence-corrected chi connectivity index (χ3v) is 4.86. The lowest BCUT2D eigenvalue weighted by Gasteiger charge is -2.20. The zero-order valence-corrected chi connectivity index (χ0v) is 20.0. The van der Waals surface area contributed by atoms with Crippen molar-refractivity contribution in [3.05, 3.63) is 64.7 Å². The summed E-state index contributed by atoms with van der Waals surface area (Å²) in [5, 5.41) is 4.64. The van der Waals surface area contributed by atoms with Gasteiger partial charge in [-0.1, -0.05) is 18.2 Å². The van der Waals surface area contributed by atoms with Gasteiger partial charge in [-0.05, 0) is 57.5 Å². The number of urea groups is 1. The lowest BCUT2D eigenvalue weighted by atomic mass is 10.1. The Morgan fingerprint density at radius 3 is 2.17 bits per heavy atom. The lowest BCUT2D eigenvalue weighted by molar-refractivity contribution is -0.123. The molecule has 0 fully saturated rings. The molecule has 0 saturated carbocycles. The van der Waals surface area contributed by atoms with E-state index in [-0.39, 0.29) is 24.5 Å². The molecular formula is C25H27N3O7. The number of imide groups is 2. The van der Waals surface area contributed by atoms with E-state index in [2.05, 4.69) is 10.6 Å². The van der Waals surface area contributed by atoms with Crippen molar-refractivity contribution in [3.8, 4) is 5.75 Å². The first kappa shape index (κ1) is 25.4. The average Bonchev–Trinajstić information content (AvgIpc) is 3.02. The second-order valence-electron chi connectivity index (χ2n) is 8.83. The molecule has 184 valence electrons. The number of carbonyl (C=O) groups excluding carboxylic acids is 5. The van der Waals surface area contributed by atoms with Crippen LogP contribution in [0.15, 0.2) is 42.5 Å². The second-order valence-corrected chi connectivity index (χ2v) is 8.83. The van der Waals surface area contributed by atoms with E-state index in [0.29, 0.717) is 16.7 Å². The molecule has 10 nitrogen and oxygen atoms in total. The zero-order chi connectivity index (χ0) is 25.8. The molecule has 1 aliphatic heterocycles. The number of carbonyl (C=O) groups is 5. The summed E-state index contributed by atoms with van der Waals surface area (Å²) in [6.45, 7) is 6.51. The fraction of sp³-hybridized carbons (Fsp3) is 0.320. The molecule has 5 amide bonds. The van der Waals surface area contributed by atoms with Gasteiger partial charge in [0.2, 0.25) is 0 Å². The van der Waals surface area contributed by atoms with Crippen molar-refractivity contribution in [2.45, 2.75) is 39.8 Å². The van der Waals surface area contributed by atoms with Gasteiger partial charge in [-0.25, -0.2) is 9.59 Å². The van der Waals surface area contributed by atoms with Crippen molar-refractivity contribution >= 4 is 29.7 Å². The molecule has 2 aromatic carbocycles. The molecule has 0 aliphatic carbocycles. The smallest absolute Gasteiger partial charge is 0.342 e. The van der Waals surface area contributed by atoms with Crippen LogP contribution < -0.4 is 15.4 Å². The topological polar surface area (TPSA) is 131 Å². The molecule has 10 heteroatoms. The van der Waals surface area contributed by atoms with Gasteiger partial charge < -0.3 is 14.8 Å². The number of hydrogen-bond acceptors (Lipinski definition) is 7. The molecule has 2 N–H and O–H groups in total. The second kappa shape index (κ2) is 10.4. The number of ether oxygens (including phenoxy) is 2. The van der Waals surface area contributed by atoms with Crippen LogP contribution in [0.1, 0.15) is 64.3 Å². The minimum Gasteiger partial charge on any atom is -0.493 e. The van der Waals surface area contributed by atoms with Crippen molar-refractivity contribution in [2.75, 3.05) is 13.2 Å². The summed E-state index contributed by atoms with van der Waals surface area (Å²) in [7, 11) is 0. The van der Waals surface area contributed by atoms with E-state index in [0.717, 1.165) is 4.90 Å². The van der Waals surface area contributed by atoms with Gasteiger partial charge in [0.05, 0.1) is 24.3 Å². The van der Waals surface area contributed by atoms with Gasteiger partial charge >= 0.3 is 12.0 Å². The van der Waals surface area contributed by atoms with Crippen LogP contribution in [0.2, 0.25) is 0 Å². The summed E-state index contributed by atoms with van der Waals surface area (Å²) in [6.07, 6.45) is 0. The maximum absolute atomic E-state index is 12.7. The largest absolute Gasteiger partial charge is 0.493 e. The first-order chi connectivity index (χ1) is 16.5. The lowest BCUT2D eigenvalue weighted by Crippen LogP contribution is -2.49. The number of nitrogens with zero attached hydrogens (tertiary/aromatic N) is 1. The monoisotopic (exact) mass is 481 g/mol. The van der Waals surface area contributed by atoms with Crippen LogP contribution in [0.4, 0.5) is 4.79 Å². The van der Waals surface area contributed by atoms with Crippen molar-refractivity contribution < 1.29 is 33.4 Å². The summed E-state index contributed by atoms with van der Waals surface area (Å²) in [6, 6.07) is 10.4. The Bertz CT molecular complexity index is 1150. The van der Waals surface area contributed by atoms with E-state index in [1.54, 1.807) is 58.0 Å². The molecule has 0 bridgehead atoms. The van der Waals surface area contributed by atoms with E-state index in [4.69, 9.17) is 9.47 Å². The van der Waals surface area contributed by atoms with E-state index in [9.17, 15) is 24.0 Å². The summed E-state index contributed by atoms with van der Waals surface area (Å²) in [5.74, 6) is -2.29. The SMILES string of the molecule is CCOc1ccc(CN2C(=O)c3ccccc3C2=O)cc1C(=O)OCC(=O)NC(=O)NC(C)(C)C. The zero-order valence-electron chi connectivity index (χ0n) is 20.0. The highest BCUT2D eigenvalue weighted by atomic mass is 16.5. The maximum atomic E-state index is 12.7. The van der Waals surface area contributed by atoms with Gasteiger partial charge in [0.15, 0.2) is 6.61 Å². The van der Waals surface area contributed by atoms with Gasteiger partial charge in [-0.2, -0.15) is 0 Å². The van der Waals surface area contributed by atoms with Crippen LogP contribution in [0.5, 0.6) is 5.75 Å². The molecule has 0 aromatic heterocycles. The van der Waals surface area contributed by atoms with Gasteiger partial charge in [-0.15, -0.1) is 0 Å². The number of rotatable bonds is 7. The highest BCUT2D eigenvalue weighted by molar-refractivity contribution is 6.21. The van der Waals surface area contributed by atoms with Crippen LogP contribution >= 0.6 is 0 Å². The predicted octanol–water partition coefficient (Wildman–Crippen LogP) is 2.66. The van der Waals surface area contributed by atoms with E-state index in [1.807, 2.05) is 0 Å². The van der Waals surface area contributed by atoms with Crippen LogP contribution in [0.3, 0.4) is 0 Å². The fourth-order valence-corrected chi connectivity index (χ4v) is 3.43. The molecule has 0 unspecified atom stereocenters. The fourth-order valence-electron chi connectivity index (χ4n) is 3.43. The number of benzene rings is 2. The molecular weight excluding hydrogens is 454 g/mol. The first-order valence-corrected chi connectivity index (χ1v) is 11.0. The minimum atomic E-state index is -0.857. The average molecular weight is 482 g/mol. The molecule has 0 radical (unpaired) electrons. The highest BCUT2D eigenvalue weighted by Gasteiger charge is 2.35. The number of amides is 5. The van der Waals surface area contributed by atoms with Gasteiger partial charge in [0.25, 0.3) is 17.7 Å². The van der Waals surface area contributed by atoms with Crippen molar-refractivity contribution in [1.29, 1.82) is 0 Å². The standard InChI is InChI=1S/C25H27N3O7/c1-5-34-19-11-10-15(13-28-21(30)16-8-6-7-9-17(16)22(28)31)12-18(19)23(32)35-14-20(29)26-24(33)27-25(2,3)4/h6-12H,5,13-14H2,1-4H3,(H2,26,27,29,33). The molecule has 1 heterocycles. The Morgan fingerprint density at radius 2 is 1.60 bits per heavy atom. The molecule has 3 rings (SSSR count).